The molecule has 4 bridgehead atoms. The highest BCUT2D eigenvalue weighted by Gasteiger charge is 2.64. The van der Waals surface area contributed by atoms with Gasteiger partial charge in [0.15, 0.2) is 5.72 Å². The second-order valence-electron chi connectivity index (χ2n) is 23.3. The van der Waals surface area contributed by atoms with Gasteiger partial charge in [-0.2, -0.15) is 13.2 Å². The minimum Gasteiger partial charge on any atom is -0.495 e. The third-order valence-electron chi connectivity index (χ3n) is 15.5. The van der Waals surface area contributed by atoms with Crippen molar-refractivity contribution in [2.45, 2.75) is 165 Å². The van der Waals surface area contributed by atoms with Crippen molar-refractivity contribution < 1.29 is 85.1 Å². The minimum atomic E-state index is -5.19. The number of anilines is 3. The maximum absolute atomic E-state index is 15.1. The number of nitrogens with zero attached hydrogens (tertiary/aromatic N) is 1. The molecule has 7 amide bonds. The first-order valence-electron chi connectivity index (χ1n) is 28.5. The van der Waals surface area contributed by atoms with Crippen LogP contribution in [0.1, 0.15) is 105 Å². The Morgan fingerprint density at radius 2 is 1.73 bits per heavy atom. The van der Waals surface area contributed by atoms with E-state index in [1.54, 1.807) is 65.0 Å². The number of carbonyl (C=O) groups is 8. The molecular weight excluding hydrogens is 1310 g/mol. The number of fused-ring (bicyclic) bond motifs is 5. The zero-order chi connectivity index (χ0) is 65.6. The van der Waals surface area contributed by atoms with Gasteiger partial charge in [-0.25, -0.2) is 14.4 Å². The maximum Gasteiger partial charge on any atom is 0.418 e. The number of alkyl halides is 5. The molecule has 3 aliphatic rings. The zero-order valence-corrected chi connectivity index (χ0v) is 54.6. The Balaban J connectivity index is 1.40. The van der Waals surface area contributed by atoms with E-state index in [2.05, 4.69) is 63.8 Å². The van der Waals surface area contributed by atoms with Gasteiger partial charge in [-0.05, 0) is 108 Å². The van der Waals surface area contributed by atoms with Crippen molar-refractivity contribution in [1.82, 2.24) is 21.3 Å². The van der Waals surface area contributed by atoms with Crippen molar-refractivity contribution in [2.24, 2.45) is 23.5 Å². The number of allylic oxidation sites excluding steroid dienone is 3. The van der Waals surface area contributed by atoms with E-state index in [0.717, 1.165) is 17.7 Å². The highest BCUT2D eigenvalue weighted by molar-refractivity contribution is 9.09. The molecule has 0 aliphatic carbocycles. The number of primary amides is 1. The molecule has 0 radical (unpaired) electrons. The van der Waals surface area contributed by atoms with Crippen LogP contribution in [0.2, 0.25) is 5.02 Å². The number of hydrogen-bond donors (Lipinski definition) is 8. The molecule has 3 heterocycles. The summed E-state index contributed by atoms with van der Waals surface area (Å²) in [6, 6.07) is 1.59. The fraction of sp³-hybridized carbons (Fsp3) is 0.593. The Labute approximate surface area is 531 Å². The summed E-state index contributed by atoms with van der Waals surface area (Å²) in [6.07, 6.45) is -6.25. The molecule has 0 spiro atoms. The number of hydrogen-bond acceptors (Lipinski definition) is 16. The third kappa shape index (κ3) is 19.7. The number of halogens is 6. The minimum absolute atomic E-state index is 0.0432. The number of epoxide rings is 1. The van der Waals surface area contributed by atoms with Gasteiger partial charge in [-0.3, -0.25) is 35.1 Å². The van der Waals surface area contributed by atoms with E-state index in [-0.39, 0.29) is 48.7 Å². The number of aliphatic hydroxyl groups is 1. The van der Waals surface area contributed by atoms with Gasteiger partial charge >= 0.3 is 30.4 Å². The molecule has 2 aromatic rings. The number of alkyl carbamates (subject to hydrolysis) is 1. The number of benzene rings is 2. The van der Waals surface area contributed by atoms with Crippen LogP contribution in [0.5, 0.6) is 5.75 Å². The van der Waals surface area contributed by atoms with E-state index >= 15 is 13.2 Å². The predicted octanol–water partition coefficient (Wildman–Crippen LogP) is 8.34. The molecule has 23 nitrogen and oxygen atoms in total. The summed E-state index contributed by atoms with van der Waals surface area (Å²) in [5.74, 6) is -4.20. The van der Waals surface area contributed by atoms with Gasteiger partial charge < -0.3 is 64.9 Å². The number of ether oxygens (including phenoxy) is 6. The van der Waals surface area contributed by atoms with Gasteiger partial charge in [0, 0.05) is 49.4 Å². The lowest BCUT2D eigenvalue weighted by atomic mass is 9.83. The van der Waals surface area contributed by atoms with Crippen molar-refractivity contribution in [3.05, 3.63) is 70.3 Å². The fourth-order valence-electron chi connectivity index (χ4n) is 10.4. The van der Waals surface area contributed by atoms with Gasteiger partial charge in [0.05, 0.1) is 54.6 Å². The third-order valence-corrected chi connectivity index (χ3v) is 17.5. The maximum atomic E-state index is 15.1. The smallest absolute Gasteiger partial charge is 0.418 e. The predicted molar refractivity (Wildman–Crippen MR) is 328 cm³/mol. The van der Waals surface area contributed by atoms with Gasteiger partial charge in [-0.1, -0.05) is 88.0 Å². The molecule has 3 aliphatic heterocycles. The molecule has 29 heteroatoms. The lowest BCUT2D eigenvalue weighted by Crippen LogP contribution is -2.63. The summed E-state index contributed by atoms with van der Waals surface area (Å²) in [5, 5.41) is 27.8. The fourth-order valence-corrected chi connectivity index (χ4v) is 12.3. The van der Waals surface area contributed by atoms with Crippen LogP contribution in [-0.4, -0.2) is 151 Å². The summed E-state index contributed by atoms with van der Waals surface area (Å²) in [4.78, 5) is 107. The van der Waals surface area contributed by atoms with Crippen molar-refractivity contribution in [3.8, 4) is 5.75 Å². The highest BCUT2D eigenvalue weighted by atomic mass is 79.9. The van der Waals surface area contributed by atoms with Crippen LogP contribution >= 0.6 is 43.5 Å². The summed E-state index contributed by atoms with van der Waals surface area (Å²) >= 11 is 13.4. The van der Waals surface area contributed by atoms with Gasteiger partial charge in [0.25, 0.3) is 0 Å². The van der Waals surface area contributed by atoms with E-state index in [1.165, 1.54) is 33.1 Å². The Bertz CT molecular complexity index is 2920. The average molecular weight is 1390 g/mol. The number of nitrogens with one attached hydrogen (secondary N) is 6. The Kier molecular flexibility index (Phi) is 26.1. The Morgan fingerprint density at radius 1 is 1.03 bits per heavy atom. The molecule has 10 atom stereocenters. The van der Waals surface area contributed by atoms with Crippen LogP contribution in [0, 0.1) is 17.8 Å². The largest absolute Gasteiger partial charge is 0.495 e. The Morgan fingerprint density at radius 3 is 2.34 bits per heavy atom. The van der Waals surface area contributed by atoms with Gasteiger partial charge in [0.1, 0.15) is 52.6 Å². The second kappa shape index (κ2) is 31.6. The summed E-state index contributed by atoms with van der Waals surface area (Å²) in [7, 11) is 4.17. The van der Waals surface area contributed by atoms with Crippen LogP contribution in [0.4, 0.5) is 44.6 Å². The summed E-state index contributed by atoms with van der Waals surface area (Å²) < 4.78 is 80.0. The molecule has 0 aromatic heterocycles. The van der Waals surface area contributed by atoms with Crippen molar-refractivity contribution >= 4 is 109 Å². The number of urea groups is 1. The highest BCUT2D eigenvalue weighted by Crippen LogP contribution is 2.49. The summed E-state index contributed by atoms with van der Waals surface area (Å²) in [6.45, 7) is 11.8. The van der Waals surface area contributed by atoms with E-state index < -0.39 is 149 Å². The SMILES string of the molecule is COc1cc2cc(c1Cl)N(C)C(=O)C[C@H](OC(=O)Nc1ccc(NC(=O)[C@H](CCCNC(N)=O)NC(=O)[C@@H](NC(C=O)CCCC(C)(C)OC(=O)C(CBr)CBr)C(C)C)cc1C(F)(F)F)[C@]1(C)O[C@H]1[C@H](C)[C@@H]1C[C@@](O)(NC(=O)O1)[C@H](OC)/C=C/C=C(\C)C2. The molecule has 2 fully saturated rings. The van der Waals surface area contributed by atoms with Crippen molar-refractivity contribution in [2.75, 3.05) is 54.0 Å². The zero-order valence-electron chi connectivity index (χ0n) is 50.7. The number of methoxy groups -OCH3 is 2. The normalized spacial score (nSPS) is 24.4. The lowest BCUT2D eigenvalue weighted by Gasteiger charge is -2.42. The molecular formula is C59H80Br2ClF3N8O15. The van der Waals surface area contributed by atoms with E-state index in [1.807, 2.05) is 6.92 Å². The average Bonchev–Trinajstić information content (AvgIpc) is 1.75. The molecule has 2 aromatic carbocycles. The molecule has 5 rings (SSSR count). The van der Waals surface area contributed by atoms with Crippen molar-refractivity contribution in [1.29, 1.82) is 0 Å². The van der Waals surface area contributed by atoms with Crippen LogP contribution < -0.4 is 47.3 Å². The number of amides is 7. The van der Waals surface area contributed by atoms with E-state index in [9.17, 15) is 43.5 Å². The number of aldehydes is 1. The first kappa shape index (κ1) is 72.7. The first-order valence-corrected chi connectivity index (χ1v) is 31.1. The quantitative estimate of drug-likeness (QED) is 0.0122. The number of carbonyl (C=O) groups excluding carboxylic acids is 8. The van der Waals surface area contributed by atoms with Crippen molar-refractivity contribution in [3.63, 3.8) is 0 Å². The standard InChI is InChI=1S/C59H80Br2ClF3N8O15/c1-31(2)48(68-37(30-74)15-12-20-56(5,6)88-52(78)35(28-60)29-61)51(77)70-40(16-13-21-67-53(66)79)50(76)69-36-18-19-39(38(25-36)59(63,64)65)71-54(80)86-45-26-46(75)73(8)41-23-34(24-42(83-9)47(41)62)22-32(3)14-11-17-44(84-10)58(82)27-43(85-55(81)72-58)33(4)49-57(45,7)87-49/h11,14,17-19,23-25,30-31,33,35,37,40,43-45,48-49,68,82H,12-13,15-16,20-22,26-29H2,1-10H3,(H,69,76)(H,70,77)(H,71,80)(H,72,81)(H3,66,67,79)/b17-11+,32-14+/t33-,37?,40+,43+,44-,45+,48+,49+,57+,58+/m1/s1. The molecule has 88 heavy (non-hydrogen) atoms. The molecule has 2 saturated heterocycles. The van der Waals surface area contributed by atoms with E-state index in [0.29, 0.717) is 47.8 Å². The molecule has 488 valence electrons. The van der Waals surface area contributed by atoms with Gasteiger partial charge in [0.2, 0.25) is 17.7 Å². The molecule has 1 unspecified atom stereocenters. The topological polar surface area (TPSA) is 317 Å². The number of rotatable bonds is 24. The van der Waals surface area contributed by atoms with Crippen LogP contribution in [0.3, 0.4) is 0 Å². The van der Waals surface area contributed by atoms with Gasteiger partial charge in [-0.15, -0.1) is 0 Å². The second-order valence-corrected chi connectivity index (χ2v) is 24.9. The van der Waals surface area contributed by atoms with E-state index in [4.69, 9.17) is 45.8 Å². The monoisotopic (exact) mass is 1390 g/mol. The number of nitrogens with two attached hydrogens (primary N) is 1. The molecule has 0 saturated carbocycles. The number of esters is 1. The van der Waals surface area contributed by atoms with Crippen LogP contribution in [0.25, 0.3) is 0 Å². The van der Waals surface area contributed by atoms with Crippen LogP contribution in [-0.2, 0) is 60.3 Å². The first-order chi connectivity index (χ1) is 41.2. The molecule has 9 N–H and O–H groups in total. The lowest BCUT2D eigenvalue weighted by molar-refractivity contribution is -0.160. The van der Waals surface area contributed by atoms with Crippen LogP contribution in [0.15, 0.2) is 54.1 Å². The summed E-state index contributed by atoms with van der Waals surface area (Å²) in [5.41, 5.74) is -0.218. The Hall–Kier alpha value is -6.04.